The number of carbonyl (C=O) groups excluding carboxylic acids is 2. The number of rotatable bonds is 22. The van der Waals surface area contributed by atoms with Crippen LogP contribution in [0.4, 0.5) is 5.95 Å². The van der Waals surface area contributed by atoms with Crippen LogP contribution in [-0.4, -0.2) is 137 Å². The minimum Gasteiger partial charge on any atom is -0.484 e. The zero-order chi connectivity index (χ0) is 45.5. The minimum absolute atomic E-state index is 0.0354. The van der Waals surface area contributed by atoms with E-state index in [0.717, 1.165) is 46.8 Å². The Kier molecular flexibility index (Phi) is 16.4. The summed E-state index contributed by atoms with van der Waals surface area (Å²) in [6, 6.07) is 8.34. The molecule has 3 atom stereocenters. The molecule has 6 heterocycles. The summed E-state index contributed by atoms with van der Waals surface area (Å²) in [6.45, 7) is 4.73. The number of aromatic nitrogens is 5. The third-order valence-electron chi connectivity index (χ3n) is 10.8. The number of likely N-dealkylation sites (tertiary alicyclic amines) is 2. The third kappa shape index (κ3) is 12.8. The molecule has 2 fully saturated rings. The number of H-pyrrole nitrogens is 1. The van der Waals surface area contributed by atoms with Gasteiger partial charge in [-0.25, -0.2) is 24.5 Å². The Balaban J connectivity index is 0.723. The summed E-state index contributed by atoms with van der Waals surface area (Å²) in [7, 11) is 1.44. The van der Waals surface area contributed by atoms with Crippen LogP contribution in [0.5, 0.6) is 5.75 Å². The molecule has 2 amide bonds. The van der Waals surface area contributed by atoms with Crippen LogP contribution in [-0.2, 0) is 37.4 Å². The molecular weight excluding hydrogens is 865 g/mol. The second-order valence-electron chi connectivity index (χ2n) is 15.4. The van der Waals surface area contributed by atoms with Gasteiger partial charge >= 0.3 is 11.4 Å². The van der Waals surface area contributed by atoms with Crippen LogP contribution in [0.3, 0.4) is 0 Å². The number of aromatic amines is 1. The van der Waals surface area contributed by atoms with E-state index in [1.807, 2.05) is 29.9 Å². The van der Waals surface area contributed by atoms with E-state index in [4.69, 9.17) is 29.5 Å². The fraction of sp³-hybridized carbons (Fsp3) is 0.476. The van der Waals surface area contributed by atoms with Gasteiger partial charge < -0.3 is 43.9 Å². The highest BCUT2D eigenvalue weighted by Crippen LogP contribution is 2.28. The molecule has 22 nitrogen and oxygen atoms in total. The summed E-state index contributed by atoms with van der Waals surface area (Å²) < 4.78 is 28.2. The topological polar surface area (TPSA) is 274 Å². The zero-order valence-corrected chi connectivity index (χ0v) is 36.6. The van der Waals surface area contributed by atoms with E-state index >= 15 is 0 Å². The van der Waals surface area contributed by atoms with Crippen molar-refractivity contribution in [2.24, 2.45) is 12.2 Å². The van der Waals surface area contributed by atoms with Gasteiger partial charge in [-0.1, -0.05) is 11.2 Å². The molecule has 0 saturated carbocycles. The number of piperidine rings is 1. The Morgan fingerprint density at radius 2 is 1.78 bits per heavy atom. The van der Waals surface area contributed by atoms with Crippen molar-refractivity contribution in [2.45, 2.75) is 43.8 Å². The average molecular weight is 915 g/mol. The fourth-order valence-electron chi connectivity index (χ4n) is 7.64. The van der Waals surface area contributed by atoms with Gasteiger partial charge in [0.2, 0.25) is 11.9 Å². The number of aryl methyl sites for hydroxylation is 1. The van der Waals surface area contributed by atoms with Crippen LogP contribution in [0.25, 0.3) is 31.9 Å². The highest BCUT2D eigenvalue weighted by molar-refractivity contribution is 7.13. The van der Waals surface area contributed by atoms with Crippen molar-refractivity contribution in [3.05, 3.63) is 107 Å². The Labute approximate surface area is 375 Å². The molecule has 0 aliphatic carbocycles. The third-order valence-corrected chi connectivity index (χ3v) is 11.7. The van der Waals surface area contributed by atoms with Crippen LogP contribution in [0.2, 0.25) is 0 Å². The van der Waals surface area contributed by atoms with E-state index in [2.05, 4.69) is 44.9 Å². The number of benzene rings is 1. The van der Waals surface area contributed by atoms with E-state index in [9.17, 15) is 24.0 Å². The van der Waals surface area contributed by atoms with E-state index in [1.54, 1.807) is 17.4 Å². The number of hydrogen-bond acceptors (Lipinski definition) is 17. The van der Waals surface area contributed by atoms with Crippen molar-refractivity contribution in [1.29, 1.82) is 0 Å². The molecule has 1 unspecified atom stereocenters. The standard InChI is InChI=1S/C42H50N12O10S/c1-52-33-19-30(6-7-31(33)40(58)64-42(52)59)63-26-37(56)54-25-29(50-51-43)18-34(54)39(57)44-8-11-60-13-15-62-16-14-61-12-9-45-41-46-21-27(22-47-41)23-53-10-2-4-28(24-53)38-48-32(20-36(55)49-38)35-5-3-17-65-35/h3,5-7,17,19-22,28-29,34H,2,4,8-16,18,23-26H2,1H3,(H,44,57)(H,45,46,47)(H,48,49,55)/t28?,29-,34-/m0/s1. The predicted molar refractivity (Wildman–Crippen MR) is 238 cm³/mol. The molecule has 0 radical (unpaired) electrons. The first-order valence-corrected chi connectivity index (χ1v) is 22.1. The lowest BCUT2D eigenvalue weighted by Gasteiger charge is -2.32. The molecule has 4 aromatic heterocycles. The number of anilines is 1. The van der Waals surface area contributed by atoms with Crippen LogP contribution >= 0.6 is 11.3 Å². The van der Waals surface area contributed by atoms with Gasteiger partial charge in [-0.05, 0) is 54.9 Å². The first-order valence-electron chi connectivity index (χ1n) is 21.2. The van der Waals surface area contributed by atoms with E-state index in [0.29, 0.717) is 57.8 Å². The molecule has 2 aliphatic rings. The maximum absolute atomic E-state index is 13.2. The summed E-state index contributed by atoms with van der Waals surface area (Å²) in [5.74, 6) is -0.172. The van der Waals surface area contributed by atoms with E-state index in [1.165, 1.54) is 30.1 Å². The Morgan fingerprint density at radius 1 is 1.02 bits per heavy atom. The number of nitrogens with one attached hydrogen (secondary N) is 3. The van der Waals surface area contributed by atoms with Gasteiger partial charge in [0.25, 0.3) is 11.5 Å². The summed E-state index contributed by atoms with van der Waals surface area (Å²) >= 11 is 1.57. The van der Waals surface area contributed by atoms with Crippen molar-refractivity contribution in [2.75, 3.05) is 84.3 Å². The number of nitrogens with zero attached hydrogens (tertiary/aromatic N) is 9. The summed E-state index contributed by atoms with van der Waals surface area (Å²) in [5.41, 5.74) is 10.0. The first kappa shape index (κ1) is 46.5. The van der Waals surface area contributed by atoms with Crippen LogP contribution in [0.15, 0.2) is 78.1 Å². The maximum atomic E-state index is 13.2. The van der Waals surface area contributed by atoms with Crippen molar-refractivity contribution in [1.82, 2.24) is 39.6 Å². The highest BCUT2D eigenvalue weighted by atomic mass is 32.1. The Hall–Kier alpha value is -6.49. The number of carbonyl (C=O) groups is 2. The van der Waals surface area contributed by atoms with Crippen LogP contribution < -0.4 is 32.3 Å². The van der Waals surface area contributed by atoms with Crippen molar-refractivity contribution >= 4 is 40.0 Å². The molecule has 1 aromatic carbocycles. The molecule has 0 spiro atoms. The van der Waals surface area contributed by atoms with Crippen molar-refractivity contribution < 1.29 is 33.0 Å². The molecule has 65 heavy (non-hydrogen) atoms. The maximum Gasteiger partial charge on any atom is 0.422 e. The summed E-state index contributed by atoms with van der Waals surface area (Å²) in [4.78, 5) is 86.8. The number of hydrogen-bond donors (Lipinski definition) is 3. The minimum atomic E-state index is -0.889. The first-order chi connectivity index (χ1) is 31.6. The summed E-state index contributed by atoms with van der Waals surface area (Å²) in [5, 5.41) is 11.8. The molecule has 7 rings (SSSR count). The number of amides is 2. The SMILES string of the molecule is Cn1c(=O)oc(=O)c2ccc(OCC(=O)N3C[C@@H](N=[N+]=[N-])C[C@H]3C(=O)NCCOCCOCCOCCNc3ncc(CN4CCCC(c5nc(-c6cccs6)cc(=O)[nH]5)C4)cn3)cc21. The Morgan fingerprint density at radius 3 is 2.54 bits per heavy atom. The van der Waals surface area contributed by atoms with Gasteiger partial charge in [0.05, 0.1) is 67.2 Å². The zero-order valence-electron chi connectivity index (χ0n) is 35.8. The smallest absolute Gasteiger partial charge is 0.422 e. The van der Waals surface area contributed by atoms with E-state index in [-0.39, 0.29) is 54.2 Å². The Bertz CT molecular complexity index is 2620. The van der Waals surface area contributed by atoms with Gasteiger partial charge in [-0.3, -0.25) is 23.9 Å². The van der Waals surface area contributed by atoms with Crippen molar-refractivity contribution in [3.63, 3.8) is 0 Å². The second-order valence-corrected chi connectivity index (χ2v) is 16.3. The number of azide groups is 1. The average Bonchev–Trinajstić information content (AvgIpc) is 4.01. The molecule has 0 bridgehead atoms. The lowest BCUT2D eigenvalue weighted by atomic mass is 9.96. The molecule has 2 aliphatic heterocycles. The quantitative estimate of drug-likeness (QED) is 0.0389. The largest absolute Gasteiger partial charge is 0.484 e. The molecule has 5 aromatic rings. The predicted octanol–water partition coefficient (Wildman–Crippen LogP) is 2.41. The lowest BCUT2D eigenvalue weighted by molar-refractivity contribution is -0.140. The molecule has 23 heteroatoms. The van der Waals surface area contributed by atoms with Crippen LogP contribution in [0, 0.1) is 0 Å². The molecule has 344 valence electrons. The normalized spacial score (nSPS) is 17.5. The van der Waals surface area contributed by atoms with Crippen molar-refractivity contribution in [3.8, 4) is 16.3 Å². The van der Waals surface area contributed by atoms with E-state index < -0.39 is 41.9 Å². The van der Waals surface area contributed by atoms with Gasteiger partial charge in [0.1, 0.15) is 17.6 Å². The van der Waals surface area contributed by atoms with Gasteiger partial charge in [0, 0.05) is 80.7 Å². The number of thiophene rings is 1. The number of ether oxygens (including phenoxy) is 4. The van der Waals surface area contributed by atoms with Gasteiger partial charge in [-0.15, -0.1) is 11.3 Å². The van der Waals surface area contributed by atoms with Crippen LogP contribution in [0.1, 0.15) is 36.6 Å². The summed E-state index contributed by atoms with van der Waals surface area (Å²) in [6.07, 6.45) is 5.75. The number of fused-ring (bicyclic) bond motifs is 1. The molecule has 3 N–H and O–H groups in total. The second kappa shape index (κ2) is 22.9. The molecular formula is C42H50N12O10S. The lowest BCUT2D eigenvalue weighted by Crippen LogP contribution is -2.48. The van der Waals surface area contributed by atoms with Gasteiger partial charge in [0.15, 0.2) is 6.61 Å². The fourth-order valence-corrected chi connectivity index (χ4v) is 8.33. The monoisotopic (exact) mass is 914 g/mol. The highest BCUT2D eigenvalue weighted by Gasteiger charge is 2.39. The molecule has 2 saturated heterocycles. The van der Waals surface area contributed by atoms with Gasteiger partial charge in [-0.2, -0.15) is 0 Å².